The average Bonchev–Trinajstić information content (AvgIpc) is 3.16. The van der Waals surface area contributed by atoms with Gasteiger partial charge in [0, 0.05) is 45.9 Å². The van der Waals surface area contributed by atoms with E-state index >= 15 is 0 Å². The molecule has 28 heavy (non-hydrogen) atoms. The summed E-state index contributed by atoms with van der Waals surface area (Å²) in [6.45, 7) is 1.93. The summed E-state index contributed by atoms with van der Waals surface area (Å²) in [6.07, 6.45) is 1.94. The van der Waals surface area contributed by atoms with Crippen LogP contribution in [0.1, 0.15) is 21.5 Å². The van der Waals surface area contributed by atoms with E-state index in [2.05, 4.69) is 33.6 Å². The van der Waals surface area contributed by atoms with Crippen molar-refractivity contribution in [3.8, 4) is 0 Å². The second kappa shape index (κ2) is 7.74. The van der Waals surface area contributed by atoms with Crippen molar-refractivity contribution in [2.45, 2.75) is 11.8 Å². The van der Waals surface area contributed by atoms with E-state index in [0.717, 1.165) is 21.7 Å². The van der Waals surface area contributed by atoms with Gasteiger partial charge >= 0.3 is 0 Å². The van der Waals surface area contributed by atoms with Crippen LogP contribution in [-0.2, 0) is 0 Å². The number of hydrogen-bond donors (Lipinski definition) is 1. The molecule has 140 valence electrons. The second-order valence-electron chi connectivity index (χ2n) is 6.62. The van der Waals surface area contributed by atoms with Crippen molar-refractivity contribution in [3.05, 3.63) is 94.6 Å². The van der Waals surface area contributed by atoms with E-state index in [4.69, 9.17) is 11.6 Å². The number of anilines is 1. The third-order valence-corrected chi connectivity index (χ3v) is 5.98. The molecule has 3 nitrogen and oxygen atoms in total. The molecule has 0 radical (unpaired) electrons. The molecule has 0 amide bonds. The number of ketones is 1. The maximum absolute atomic E-state index is 12.8. The number of carbonyl (C=O) groups is 1. The van der Waals surface area contributed by atoms with Crippen molar-refractivity contribution in [3.63, 3.8) is 0 Å². The molecule has 1 N–H and O–H groups in total. The minimum Gasteiger partial charge on any atom is -0.361 e. The molecule has 0 spiro atoms. The van der Waals surface area contributed by atoms with Gasteiger partial charge in [-0.1, -0.05) is 35.9 Å². The highest BCUT2D eigenvalue weighted by atomic mass is 35.5. The van der Waals surface area contributed by atoms with Crippen LogP contribution in [0.2, 0.25) is 5.02 Å². The lowest BCUT2D eigenvalue weighted by atomic mass is 9.99. The fourth-order valence-electron chi connectivity index (χ4n) is 3.16. The lowest BCUT2D eigenvalue weighted by molar-refractivity contribution is 0.103. The summed E-state index contributed by atoms with van der Waals surface area (Å²) in [7, 11) is 2.01. The maximum atomic E-state index is 12.8. The van der Waals surface area contributed by atoms with E-state index in [0.29, 0.717) is 16.1 Å². The Labute approximate surface area is 173 Å². The zero-order valence-corrected chi connectivity index (χ0v) is 17.1. The minimum atomic E-state index is -0.0501. The maximum Gasteiger partial charge on any atom is 0.194 e. The third-order valence-electron chi connectivity index (χ3n) is 4.72. The Morgan fingerprint density at radius 3 is 2.61 bits per heavy atom. The molecule has 1 aromatic heterocycles. The first-order chi connectivity index (χ1) is 13.5. The van der Waals surface area contributed by atoms with E-state index in [1.165, 1.54) is 5.39 Å². The summed E-state index contributed by atoms with van der Waals surface area (Å²) in [5.74, 6) is -0.0501. The number of carbonyl (C=O) groups excluding carboxylic acids is 1. The summed E-state index contributed by atoms with van der Waals surface area (Å²) >= 11 is 8.03. The SMILES string of the molecule is Cc1ccccc1C(=O)c1ccc(SN(C)c2ccc3[nH]ccc3c2)cc1Cl. The molecule has 0 unspecified atom stereocenters. The van der Waals surface area contributed by atoms with Gasteiger partial charge in [-0.2, -0.15) is 0 Å². The number of H-pyrrole nitrogens is 1. The first kappa shape index (κ1) is 18.7. The molecule has 3 aromatic carbocycles. The molecule has 4 rings (SSSR count). The predicted molar refractivity (Wildman–Crippen MR) is 119 cm³/mol. The monoisotopic (exact) mass is 406 g/mol. The molecule has 4 aromatic rings. The number of aromatic nitrogens is 1. The molecule has 0 fully saturated rings. The fraction of sp³-hybridized carbons (Fsp3) is 0.0870. The van der Waals surface area contributed by atoms with Gasteiger partial charge in [0.05, 0.1) is 5.02 Å². The van der Waals surface area contributed by atoms with Gasteiger partial charge in [0.25, 0.3) is 0 Å². The van der Waals surface area contributed by atoms with Crippen LogP contribution in [0.4, 0.5) is 5.69 Å². The Balaban J connectivity index is 1.55. The molecule has 1 heterocycles. The zero-order chi connectivity index (χ0) is 19.7. The first-order valence-corrected chi connectivity index (χ1v) is 10.1. The summed E-state index contributed by atoms with van der Waals surface area (Å²) < 4.78 is 2.08. The van der Waals surface area contributed by atoms with Gasteiger partial charge < -0.3 is 9.29 Å². The number of hydrogen-bond acceptors (Lipinski definition) is 3. The highest BCUT2D eigenvalue weighted by Gasteiger charge is 2.16. The van der Waals surface area contributed by atoms with E-state index in [9.17, 15) is 4.79 Å². The quantitative estimate of drug-likeness (QED) is 0.303. The third kappa shape index (κ3) is 3.66. The summed E-state index contributed by atoms with van der Waals surface area (Å²) in [4.78, 5) is 17.0. The number of nitrogens with zero attached hydrogens (tertiary/aromatic N) is 1. The number of halogens is 1. The van der Waals surface area contributed by atoms with Crippen molar-refractivity contribution >= 4 is 45.9 Å². The van der Waals surface area contributed by atoms with Crippen molar-refractivity contribution in [1.82, 2.24) is 4.98 Å². The van der Waals surface area contributed by atoms with Crippen LogP contribution in [0.3, 0.4) is 0 Å². The number of rotatable bonds is 5. The van der Waals surface area contributed by atoms with Crippen molar-refractivity contribution in [2.24, 2.45) is 0 Å². The number of nitrogens with one attached hydrogen (secondary N) is 1. The zero-order valence-electron chi connectivity index (χ0n) is 15.6. The van der Waals surface area contributed by atoms with Gasteiger partial charge in [-0.15, -0.1) is 0 Å². The average molecular weight is 407 g/mol. The summed E-state index contributed by atoms with van der Waals surface area (Å²) in [5.41, 5.74) is 4.36. The van der Waals surface area contributed by atoms with Crippen LogP contribution in [0, 0.1) is 6.92 Å². The van der Waals surface area contributed by atoms with Crippen molar-refractivity contribution in [1.29, 1.82) is 0 Å². The number of aromatic amines is 1. The molecule has 0 aliphatic rings. The van der Waals surface area contributed by atoms with Crippen LogP contribution < -0.4 is 4.31 Å². The van der Waals surface area contributed by atoms with Crippen LogP contribution >= 0.6 is 23.5 Å². The van der Waals surface area contributed by atoms with Gasteiger partial charge in [-0.3, -0.25) is 4.79 Å². The lowest BCUT2D eigenvalue weighted by Crippen LogP contribution is -2.07. The Kier molecular flexibility index (Phi) is 5.16. The summed E-state index contributed by atoms with van der Waals surface area (Å²) in [6, 6.07) is 21.5. The van der Waals surface area contributed by atoms with Crippen molar-refractivity contribution in [2.75, 3.05) is 11.4 Å². The lowest BCUT2D eigenvalue weighted by Gasteiger charge is -2.18. The Morgan fingerprint density at radius 1 is 1.00 bits per heavy atom. The molecule has 0 bridgehead atoms. The van der Waals surface area contributed by atoms with Gasteiger partial charge in [-0.05, 0) is 66.9 Å². The standard InChI is InChI=1S/C23H19ClN2OS/c1-15-5-3-4-6-19(15)23(27)20-9-8-18(14-21(20)24)28-26(2)17-7-10-22-16(13-17)11-12-25-22/h3-14,25H,1-2H3. The van der Waals surface area contributed by atoms with Crippen LogP contribution in [0.15, 0.2) is 77.8 Å². The Hall–Kier alpha value is -2.69. The highest BCUT2D eigenvalue weighted by Crippen LogP contribution is 2.32. The van der Waals surface area contributed by atoms with Crippen LogP contribution in [-0.4, -0.2) is 17.8 Å². The molecule has 0 saturated carbocycles. The van der Waals surface area contributed by atoms with Gasteiger partial charge in [0.2, 0.25) is 0 Å². The molecule has 0 atom stereocenters. The smallest absolute Gasteiger partial charge is 0.194 e. The van der Waals surface area contributed by atoms with Crippen LogP contribution in [0.25, 0.3) is 10.9 Å². The normalized spacial score (nSPS) is 11.0. The number of benzene rings is 3. The Bertz CT molecular complexity index is 1170. The first-order valence-electron chi connectivity index (χ1n) is 8.91. The molecular weight excluding hydrogens is 388 g/mol. The number of fused-ring (bicyclic) bond motifs is 1. The molecule has 5 heteroatoms. The predicted octanol–water partition coefficient (Wildman–Crippen LogP) is 6.50. The minimum absolute atomic E-state index is 0.0501. The number of aryl methyl sites for hydroxylation is 1. The topological polar surface area (TPSA) is 36.1 Å². The van der Waals surface area contributed by atoms with E-state index < -0.39 is 0 Å². The van der Waals surface area contributed by atoms with Gasteiger partial charge in [0.15, 0.2) is 5.78 Å². The largest absolute Gasteiger partial charge is 0.361 e. The summed E-state index contributed by atoms with van der Waals surface area (Å²) in [5, 5.41) is 1.63. The molecule has 0 aliphatic heterocycles. The van der Waals surface area contributed by atoms with E-state index in [-0.39, 0.29) is 5.78 Å². The van der Waals surface area contributed by atoms with E-state index in [1.807, 2.05) is 62.6 Å². The van der Waals surface area contributed by atoms with Crippen molar-refractivity contribution < 1.29 is 4.79 Å². The Morgan fingerprint density at radius 2 is 1.82 bits per heavy atom. The van der Waals surface area contributed by atoms with Gasteiger partial charge in [0.1, 0.15) is 0 Å². The second-order valence-corrected chi connectivity index (χ2v) is 8.23. The highest BCUT2D eigenvalue weighted by molar-refractivity contribution is 8.00. The molecule has 0 saturated heterocycles. The van der Waals surface area contributed by atoms with E-state index in [1.54, 1.807) is 11.9 Å². The van der Waals surface area contributed by atoms with Gasteiger partial charge in [-0.25, -0.2) is 0 Å². The molecular formula is C23H19ClN2OS. The van der Waals surface area contributed by atoms with Crippen LogP contribution in [0.5, 0.6) is 0 Å². The fourth-order valence-corrected chi connectivity index (χ4v) is 4.32. The molecule has 0 aliphatic carbocycles.